The maximum absolute atomic E-state index is 4.28. The molecule has 0 spiro atoms. The summed E-state index contributed by atoms with van der Waals surface area (Å²) in [6.45, 7) is 9.85. The molecule has 114 valence electrons. The highest BCUT2D eigenvalue weighted by atomic mass is 15.2. The molecule has 4 heteroatoms. The average Bonchev–Trinajstić information content (AvgIpc) is 2.77. The molecule has 1 aromatic rings. The molecule has 1 atom stereocenters. The highest BCUT2D eigenvalue weighted by Crippen LogP contribution is 2.21. The average molecular weight is 278 g/mol. The van der Waals surface area contributed by atoms with Crippen molar-refractivity contribution in [3.63, 3.8) is 0 Å². The van der Waals surface area contributed by atoms with Gasteiger partial charge in [-0.05, 0) is 36.8 Å². The Hall–Kier alpha value is -1.45. The predicted octanol–water partition coefficient (Wildman–Crippen LogP) is 2.90. The van der Waals surface area contributed by atoms with Gasteiger partial charge in [0, 0.05) is 39.1 Å². The van der Waals surface area contributed by atoms with Crippen LogP contribution in [0.3, 0.4) is 0 Å². The molecule has 0 bridgehead atoms. The molecule has 20 heavy (non-hydrogen) atoms. The Labute approximate surface area is 123 Å². The zero-order valence-corrected chi connectivity index (χ0v) is 13.8. The Morgan fingerprint density at radius 3 is 2.60 bits per heavy atom. The Morgan fingerprint density at radius 1 is 1.40 bits per heavy atom. The van der Waals surface area contributed by atoms with Crippen molar-refractivity contribution in [1.29, 1.82) is 0 Å². The van der Waals surface area contributed by atoms with Crippen molar-refractivity contribution in [1.82, 2.24) is 15.2 Å². The van der Waals surface area contributed by atoms with E-state index in [2.05, 4.69) is 66.3 Å². The van der Waals surface area contributed by atoms with Crippen LogP contribution in [0.2, 0.25) is 0 Å². The van der Waals surface area contributed by atoms with E-state index in [4.69, 9.17) is 0 Å². The maximum atomic E-state index is 4.28. The Morgan fingerprint density at radius 2 is 2.10 bits per heavy atom. The van der Waals surface area contributed by atoms with E-state index >= 15 is 0 Å². The van der Waals surface area contributed by atoms with Gasteiger partial charge in [0.25, 0.3) is 0 Å². The molecular formula is C16H30N4. The van der Waals surface area contributed by atoms with Gasteiger partial charge in [0.1, 0.15) is 0 Å². The lowest BCUT2D eigenvalue weighted by atomic mass is 9.89. The number of nitrogens with one attached hydrogen (secondary N) is 2. The van der Waals surface area contributed by atoms with E-state index in [1.54, 1.807) is 0 Å². The van der Waals surface area contributed by atoms with Gasteiger partial charge >= 0.3 is 0 Å². The lowest BCUT2D eigenvalue weighted by molar-refractivity contribution is 0.346. The third-order valence-electron chi connectivity index (χ3n) is 3.29. The van der Waals surface area contributed by atoms with Gasteiger partial charge in [0.2, 0.25) is 0 Å². The second-order valence-corrected chi connectivity index (χ2v) is 6.76. The summed E-state index contributed by atoms with van der Waals surface area (Å²) in [5.74, 6) is 0.871. The SMILES string of the molecule is CN=C(NCc1ccn(C)c1)NC(C)CCC(C)(C)C. The number of aryl methyl sites for hydroxylation is 1. The van der Waals surface area contributed by atoms with Crippen molar-refractivity contribution < 1.29 is 0 Å². The topological polar surface area (TPSA) is 41.4 Å². The zero-order chi connectivity index (χ0) is 15.2. The van der Waals surface area contributed by atoms with Gasteiger partial charge in [-0.2, -0.15) is 0 Å². The first-order chi connectivity index (χ1) is 9.30. The summed E-state index contributed by atoms with van der Waals surface area (Å²) in [5, 5.41) is 6.80. The predicted molar refractivity (Wildman–Crippen MR) is 86.9 cm³/mol. The number of hydrogen-bond donors (Lipinski definition) is 2. The first kappa shape index (κ1) is 16.6. The van der Waals surface area contributed by atoms with Gasteiger partial charge in [-0.3, -0.25) is 4.99 Å². The standard InChI is InChI=1S/C16H30N4/c1-13(7-9-16(2,3)4)19-15(17-5)18-11-14-8-10-20(6)12-14/h8,10,12-13H,7,9,11H2,1-6H3,(H2,17,18,19). The molecule has 0 aliphatic rings. The molecule has 0 aliphatic carbocycles. The minimum Gasteiger partial charge on any atom is -0.357 e. The number of hydrogen-bond acceptors (Lipinski definition) is 1. The fraction of sp³-hybridized carbons (Fsp3) is 0.688. The molecule has 0 fully saturated rings. The van der Waals surface area contributed by atoms with E-state index in [-0.39, 0.29) is 0 Å². The number of aliphatic imine (C=N–C) groups is 1. The second kappa shape index (κ2) is 7.36. The molecule has 0 aromatic carbocycles. The fourth-order valence-corrected chi connectivity index (χ4v) is 2.00. The van der Waals surface area contributed by atoms with Gasteiger partial charge in [-0.25, -0.2) is 0 Å². The lowest BCUT2D eigenvalue weighted by Crippen LogP contribution is -2.42. The summed E-state index contributed by atoms with van der Waals surface area (Å²) in [6, 6.07) is 2.54. The van der Waals surface area contributed by atoms with E-state index in [1.165, 1.54) is 12.0 Å². The molecule has 2 N–H and O–H groups in total. The number of guanidine groups is 1. The quantitative estimate of drug-likeness (QED) is 0.642. The molecule has 0 saturated heterocycles. The monoisotopic (exact) mass is 278 g/mol. The van der Waals surface area contributed by atoms with Crippen LogP contribution in [0.4, 0.5) is 0 Å². The van der Waals surface area contributed by atoms with Crippen LogP contribution in [-0.2, 0) is 13.6 Å². The third kappa shape index (κ3) is 6.64. The Balaban J connectivity index is 2.36. The van der Waals surface area contributed by atoms with E-state index < -0.39 is 0 Å². The summed E-state index contributed by atoms with van der Waals surface area (Å²) < 4.78 is 2.05. The van der Waals surface area contributed by atoms with Crippen LogP contribution in [0.25, 0.3) is 0 Å². The molecule has 0 radical (unpaired) electrons. The minimum atomic E-state index is 0.386. The van der Waals surface area contributed by atoms with E-state index in [0.717, 1.165) is 18.9 Å². The molecule has 1 heterocycles. The van der Waals surface area contributed by atoms with Crippen molar-refractivity contribution in [2.45, 2.75) is 53.1 Å². The van der Waals surface area contributed by atoms with Gasteiger partial charge < -0.3 is 15.2 Å². The smallest absolute Gasteiger partial charge is 0.191 e. The van der Waals surface area contributed by atoms with Crippen LogP contribution >= 0.6 is 0 Å². The zero-order valence-electron chi connectivity index (χ0n) is 13.8. The third-order valence-corrected chi connectivity index (χ3v) is 3.29. The van der Waals surface area contributed by atoms with Crippen LogP contribution in [0.5, 0.6) is 0 Å². The number of aromatic nitrogens is 1. The van der Waals surface area contributed by atoms with Gasteiger partial charge in [0.05, 0.1) is 0 Å². The molecule has 4 nitrogen and oxygen atoms in total. The number of rotatable bonds is 5. The molecule has 1 rings (SSSR count). The van der Waals surface area contributed by atoms with Crippen molar-refractivity contribution in [3.8, 4) is 0 Å². The molecule has 0 saturated carbocycles. The van der Waals surface area contributed by atoms with Crippen LogP contribution in [0, 0.1) is 5.41 Å². The summed E-state index contributed by atoms with van der Waals surface area (Å²) in [5.41, 5.74) is 1.65. The molecule has 0 amide bonds. The fourth-order valence-electron chi connectivity index (χ4n) is 2.00. The summed E-state index contributed by atoms with van der Waals surface area (Å²) in [7, 11) is 3.85. The number of nitrogens with zero attached hydrogens (tertiary/aromatic N) is 2. The molecular weight excluding hydrogens is 248 g/mol. The van der Waals surface area contributed by atoms with E-state index in [9.17, 15) is 0 Å². The van der Waals surface area contributed by atoms with E-state index in [1.807, 2.05) is 14.1 Å². The molecule has 1 aromatic heterocycles. The Kier molecular flexibility index (Phi) is 6.11. The van der Waals surface area contributed by atoms with Crippen LogP contribution in [0.1, 0.15) is 46.1 Å². The molecule has 1 unspecified atom stereocenters. The van der Waals surface area contributed by atoms with Crippen LogP contribution < -0.4 is 10.6 Å². The second-order valence-electron chi connectivity index (χ2n) is 6.76. The van der Waals surface area contributed by atoms with Crippen molar-refractivity contribution >= 4 is 5.96 Å². The van der Waals surface area contributed by atoms with Crippen LogP contribution in [-0.4, -0.2) is 23.6 Å². The van der Waals surface area contributed by atoms with Crippen molar-refractivity contribution in [3.05, 3.63) is 24.0 Å². The first-order valence-corrected chi connectivity index (χ1v) is 7.38. The molecule has 0 aliphatic heterocycles. The summed E-state index contributed by atoms with van der Waals surface area (Å²) in [4.78, 5) is 4.28. The van der Waals surface area contributed by atoms with E-state index in [0.29, 0.717) is 11.5 Å². The van der Waals surface area contributed by atoms with Crippen molar-refractivity contribution in [2.24, 2.45) is 17.5 Å². The van der Waals surface area contributed by atoms with Gasteiger partial charge in [-0.1, -0.05) is 20.8 Å². The summed E-state index contributed by atoms with van der Waals surface area (Å²) in [6.07, 6.45) is 6.52. The highest BCUT2D eigenvalue weighted by Gasteiger charge is 2.13. The minimum absolute atomic E-state index is 0.386. The summed E-state index contributed by atoms with van der Waals surface area (Å²) >= 11 is 0. The highest BCUT2D eigenvalue weighted by molar-refractivity contribution is 5.79. The maximum Gasteiger partial charge on any atom is 0.191 e. The normalized spacial score (nSPS) is 14.2. The largest absolute Gasteiger partial charge is 0.357 e. The van der Waals surface area contributed by atoms with Gasteiger partial charge in [0.15, 0.2) is 5.96 Å². The van der Waals surface area contributed by atoms with Crippen LogP contribution in [0.15, 0.2) is 23.5 Å². The van der Waals surface area contributed by atoms with Crippen molar-refractivity contribution in [2.75, 3.05) is 7.05 Å². The lowest BCUT2D eigenvalue weighted by Gasteiger charge is -2.23. The van der Waals surface area contributed by atoms with Gasteiger partial charge in [-0.15, -0.1) is 0 Å². The Bertz CT molecular complexity index is 426. The first-order valence-electron chi connectivity index (χ1n) is 7.38.